The van der Waals surface area contributed by atoms with Gasteiger partial charge in [0.25, 0.3) is 0 Å². The lowest BCUT2D eigenvalue weighted by atomic mass is 10.1. The van der Waals surface area contributed by atoms with Crippen molar-refractivity contribution in [3.8, 4) is 0 Å². The van der Waals surface area contributed by atoms with Crippen molar-refractivity contribution in [2.75, 3.05) is 13.2 Å². The van der Waals surface area contributed by atoms with Crippen molar-refractivity contribution < 1.29 is 4.74 Å². The maximum absolute atomic E-state index is 12.3. The van der Waals surface area contributed by atoms with E-state index in [0.29, 0.717) is 17.8 Å². The number of aromatic nitrogens is 4. The van der Waals surface area contributed by atoms with Crippen LogP contribution in [0.5, 0.6) is 0 Å². The molecule has 2 aromatic heterocycles. The van der Waals surface area contributed by atoms with Crippen molar-refractivity contribution in [2.45, 2.75) is 18.9 Å². The third kappa shape index (κ3) is 1.72. The van der Waals surface area contributed by atoms with Gasteiger partial charge in [0, 0.05) is 13.7 Å². The van der Waals surface area contributed by atoms with Crippen molar-refractivity contribution >= 4 is 22.8 Å². The van der Waals surface area contributed by atoms with Crippen molar-refractivity contribution in [3.05, 3.63) is 22.0 Å². The van der Waals surface area contributed by atoms with Crippen molar-refractivity contribution in [1.82, 2.24) is 19.1 Å². The summed E-state index contributed by atoms with van der Waals surface area (Å²) in [5.74, 6) is 0. The van der Waals surface area contributed by atoms with Crippen LogP contribution in [-0.4, -0.2) is 32.3 Å². The number of hydrogen-bond donors (Lipinski definition) is 0. The molecule has 0 aliphatic carbocycles. The first kappa shape index (κ1) is 11.7. The molecule has 1 aliphatic heterocycles. The Bertz CT molecular complexity index is 642. The SMILES string of the molecule is Cn1c(=O)n([C@@H]2CCCOC2)c2nc(Cl)ncc21. The number of hydrogen-bond acceptors (Lipinski definition) is 4. The van der Waals surface area contributed by atoms with Gasteiger partial charge in [-0.05, 0) is 24.4 Å². The van der Waals surface area contributed by atoms with Gasteiger partial charge in [0.2, 0.25) is 5.28 Å². The third-order valence-electron chi connectivity index (χ3n) is 3.30. The van der Waals surface area contributed by atoms with Crippen LogP contribution in [0.4, 0.5) is 0 Å². The molecule has 0 amide bonds. The molecule has 0 N–H and O–H groups in total. The van der Waals surface area contributed by atoms with Crippen molar-refractivity contribution in [2.24, 2.45) is 7.05 Å². The van der Waals surface area contributed by atoms with Gasteiger partial charge in [-0.1, -0.05) is 0 Å². The molecule has 3 rings (SSSR count). The number of nitrogens with zero attached hydrogens (tertiary/aromatic N) is 4. The second-order valence-electron chi connectivity index (χ2n) is 4.43. The highest BCUT2D eigenvalue weighted by atomic mass is 35.5. The van der Waals surface area contributed by atoms with Crippen LogP contribution in [0.2, 0.25) is 5.28 Å². The Kier molecular flexibility index (Phi) is 2.83. The van der Waals surface area contributed by atoms with Crippen LogP contribution in [0.1, 0.15) is 18.9 Å². The van der Waals surface area contributed by atoms with Crippen molar-refractivity contribution in [1.29, 1.82) is 0 Å². The smallest absolute Gasteiger partial charge is 0.330 e. The van der Waals surface area contributed by atoms with Gasteiger partial charge in [-0.25, -0.2) is 9.78 Å². The summed E-state index contributed by atoms with van der Waals surface area (Å²) in [6.07, 6.45) is 3.44. The maximum atomic E-state index is 12.3. The van der Waals surface area contributed by atoms with Crippen LogP contribution in [0.25, 0.3) is 11.2 Å². The third-order valence-corrected chi connectivity index (χ3v) is 3.49. The molecule has 1 atom stereocenters. The van der Waals surface area contributed by atoms with E-state index in [-0.39, 0.29) is 17.0 Å². The number of halogens is 1. The first-order chi connectivity index (χ1) is 8.68. The number of rotatable bonds is 1. The van der Waals surface area contributed by atoms with Crippen LogP contribution in [0.15, 0.2) is 11.0 Å². The van der Waals surface area contributed by atoms with E-state index in [1.807, 2.05) is 0 Å². The predicted molar refractivity (Wildman–Crippen MR) is 66.9 cm³/mol. The minimum atomic E-state index is -0.0999. The molecule has 0 unspecified atom stereocenters. The Morgan fingerprint density at radius 3 is 3.11 bits per heavy atom. The topological polar surface area (TPSA) is 61.9 Å². The van der Waals surface area contributed by atoms with Gasteiger partial charge in [-0.2, -0.15) is 4.98 Å². The highest BCUT2D eigenvalue weighted by Gasteiger charge is 2.23. The van der Waals surface area contributed by atoms with Crippen LogP contribution in [0.3, 0.4) is 0 Å². The van der Waals surface area contributed by atoms with E-state index in [9.17, 15) is 4.79 Å². The lowest BCUT2D eigenvalue weighted by Gasteiger charge is -2.22. The zero-order valence-corrected chi connectivity index (χ0v) is 10.7. The molecule has 96 valence electrons. The molecule has 6 nitrogen and oxygen atoms in total. The summed E-state index contributed by atoms with van der Waals surface area (Å²) in [7, 11) is 1.71. The van der Waals surface area contributed by atoms with Gasteiger partial charge < -0.3 is 4.74 Å². The quantitative estimate of drug-likeness (QED) is 0.728. The molecule has 1 fully saturated rings. The molecular weight excluding hydrogens is 256 g/mol. The molecule has 0 radical (unpaired) electrons. The number of ether oxygens (including phenoxy) is 1. The van der Waals surface area contributed by atoms with E-state index in [1.54, 1.807) is 22.4 Å². The normalized spacial score (nSPS) is 20.4. The Balaban J connectivity index is 2.23. The molecule has 0 spiro atoms. The molecule has 1 aliphatic rings. The van der Waals surface area contributed by atoms with E-state index in [0.717, 1.165) is 19.4 Å². The molecule has 7 heteroatoms. The molecule has 18 heavy (non-hydrogen) atoms. The van der Waals surface area contributed by atoms with Crippen LogP contribution in [-0.2, 0) is 11.8 Å². The highest BCUT2D eigenvalue weighted by molar-refractivity contribution is 6.28. The minimum Gasteiger partial charge on any atom is -0.379 e. The lowest BCUT2D eigenvalue weighted by Crippen LogP contribution is -2.31. The van der Waals surface area contributed by atoms with Crippen LogP contribution in [0, 0.1) is 0 Å². The molecule has 0 bridgehead atoms. The van der Waals surface area contributed by atoms with Crippen LogP contribution < -0.4 is 5.69 Å². The van der Waals surface area contributed by atoms with Gasteiger partial charge in [0.1, 0.15) is 5.52 Å². The largest absolute Gasteiger partial charge is 0.379 e. The summed E-state index contributed by atoms with van der Waals surface area (Å²) in [6, 6.07) is 0.0286. The average Bonchev–Trinajstić information content (AvgIpc) is 2.63. The summed E-state index contributed by atoms with van der Waals surface area (Å²) in [5, 5.41) is 0.151. The first-order valence-electron chi connectivity index (χ1n) is 5.85. The standard InChI is InChI=1S/C11H13ClN4O2/c1-15-8-5-13-10(12)14-9(8)16(11(15)17)7-3-2-4-18-6-7/h5,7H,2-4,6H2,1H3/t7-/m1/s1. The van der Waals surface area contributed by atoms with E-state index >= 15 is 0 Å². The molecule has 0 aromatic carbocycles. The summed E-state index contributed by atoms with van der Waals surface area (Å²) in [4.78, 5) is 20.3. The van der Waals surface area contributed by atoms with Gasteiger partial charge in [0.05, 0.1) is 18.8 Å². The fourth-order valence-electron chi connectivity index (χ4n) is 2.37. The van der Waals surface area contributed by atoms with E-state index in [2.05, 4.69) is 9.97 Å². The lowest BCUT2D eigenvalue weighted by molar-refractivity contribution is 0.0591. The highest BCUT2D eigenvalue weighted by Crippen LogP contribution is 2.22. The Hall–Kier alpha value is -1.40. The summed E-state index contributed by atoms with van der Waals surface area (Å²) >= 11 is 5.81. The molecular formula is C11H13ClN4O2. The molecule has 1 saturated heterocycles. The second-order valence-corrected chi connectivity index (χ2v) is 4.77. The Morgan fingerprint density at radius 1 is 1.56 bits per heavy atom. The van der Waals surface area contributed by atoms with Crippen LogP contribution >= 0.6 is 11.6 Å². The molecule has 2 aromatic rings. The minimum absolute atomic E-state index is 0.0286. The van der Waals surface area contributed by atoms with Gasteiger partial charge in [0.15, 0.2) is 5.65 Å². The monoisotopic (exact) mass is 268 g/mol. The first-order valence-corrected chi connectivity index (χ1v) is 6.23. The summed E-state index contributed by atoms with van der Waals surface area (Å²) in [5.41, 5.74) is 1.17. The number of imidazole rings is 1. The molecule has 3 heterocycles. The van der Waals surface area contributed by atoms with Gasteiger partial charge in [-0.15, -0.1) is 0 Å². The Morgan fingerprint density at radius 2 is 2.39 bits per heavy atom. The summed E-state index contributed by atoms with van der Waals surface area (Å²) < 4.78 is 8.65. The zero-order chi connectivity index (χ0) is 12.7. The number of fused-ring (bicyclic) bond motifs is 1. The maximum Gasteiger partial charge on any atom is 0.330 e. The van der Waals surface area contributed by atoms with Gasteiger partial charge >= 0.3 is 5.69 Å². The zero-order valence-electron chi connectivity index (χ0n) is 9.97. The van der Waals surface area contributed by atoms with E-state index in [1.165, 1.54) is 0 Å². The average molecular weight is 269 g/mol. The Labute approximate surface area is 108 Å². The predicted octanol–water partition coefficient (Wildman–Crippen LogP) is 1.13. The van der Waals surface area contributed by atoms with Gasteiger partial charge in [-0.3, -0.25) is 9.13 Å². The molecule has 0 saturated carbocycles. The van der Waals surface area contributed by atoms with Crippen molar-refractivity contribution in [3.63, 3.8) is 0 Å². The second kappa shape index (κ2) is 4.37. The fourth-order valence-corrected chi connectivity index (χ4v) is 2.50. The summed E-state index contributed by atoms with van der Waals surface area (Å²) in [6.45, 7) is 1.30. The van der Waals surface area contributed by atoms with E-state index in [4.69, 9.17) is 16.3 Å². The van der Waals surface area contributed by atoms with E-state index < -0.39 is 0 Å². The number of aryl methyl sites for hydroxylation is 1. The fraction of sp³-hybridized carbons (Fsp3) is 0.545.